The molecule has 0 atom stereocenters. The van der Waals surface area contributed by atoms with Crippen molar-refractivity contribution < 1.29 is 14.4 Å². The maximum absolute atomic E-state index is 13.2. The number of methoxy groups -OCH3 is 2. The van der Waals surface area contributed by atoms with Gasteiger partial charge in [0.25, 0.3) is 0 Å². The molecule has 1 aliphatic rings. The molecule has 1 aromatic heterocycles. The number of quaternary nitrogens is 1. The van der Waals surface area contributed by atoms with Gasteiger partial charge in [0.1, 0.15) is 18.0 Å². The number of fused-ring (bicyclic) bond motifs is 1. The molecule has 1 fully saturated rings. The minimum absolute atomic E-state index is 0.0584. The first-order valence-electron chi connectivity index (χ1n) is 8.65. The maximum atomic E-state index is 13.2. The van der Waals surface area contributed by atoms with Crippen molar-refractivity contribution in [1.29, 1.82) is 0 Å². The van der Waals surface area contributed by atoms with Crippen LogP contribution in [0.2, 0.25) is 0 Å². The third kappa shape index (κ3) is 3.00. The van der Waals surface area contributed by atoms with Gasteiger partial charge >= 0.3 is 0 Å². The molecule has 0 aliphatic carbocycles. The van der Waals surface area contributed by atoms with Crippen molar-refractivity contribution in [2.45, 2.75) is 33.2 Å². The molecule has 2 N–H and O–H groups in total. The van der Waals surface area contributed by atoms with Gasteiger partial charge in [-0.15, -0.1) is 0 Å². The molecule has 24 heavy (non-hydrogen) atoms. The zero-order valence-electron chi connectivity index (χ0n) is 15.0. The monoisotopic (exact) mass is 331 g/mol. The average Bonchev–Trinajstić information content (AvgIpc) is 2.59. The Morgan fingerprint density at radius 2 is 1.79 bits per heavy atom. The second-order valence-corrected chi connectivity index (χ2v) is 6.89. The van der Waals surface area contributed by atoms with Crippen molar-refractivity contribution >= 4 is 10.9 Å². The number of aryl methyl sites for hydroxylation is 1. The summed E-state index contributed by atoms with van der Waals surface area (Å²) in [5.41, 5.74) is 2.55. The molecule has 0 unspecified atom stereocenters. The highest BCUT2D eigenvalue weighted by atomic mass is 16.5. The molecule has 1 aromatic carbocycles. The second-order valence-electron chi connectivity index (χ2n) is 6.89. The summed E-state index contributed by atoms with van der Waals surface area (Å²) in [6.45, 7) is 7.31. The second kappa shape index (κ2) is 6.85. The lowest BCUT2D eigenvalue weighted by Crippen LogP contribution is -3.12. The van der Waals surface area contributed by atoms with E-state index in [9.17, 15) is 4.79 Å². The molecule has 0 amide bonds. The number of aromatic nitrogens is 1. The third-order valence-electron chi connectivity index (χ3n) is 5.24. The summed E-state index contributed by atoms with van der Waals surface area (Å²) in [4.78, 5) is 18.0. The Hall–Kier alpha value is -2.01. The van der Waals surface area contributed by atoms with Crippen molar-refractivity contribution in [2.75, 3.05) is 27.3 Å². The predicted octanol–water partition coefficient (Wildman–Crippen LogP) is 1.67. The van der Waals surface area contributed by atoms with E-state index in [1.165, 1.54) is 17.7 Å². The summed E-state index contributed by atoms with van der Waals surface area (Å²) in [5.74, 6) is 2.06. The van der Waals surface area contributed by atoms with Crippen LogP contribution in [-0.2, 0) is 6.54 Å². The van der Waals surface area contributed by atoms with Gasteiger partial charge in [0, 0.05) is 5.69 Å². The van der Waals surface area contributed by atoms with Gasteiger partial charge < -0.3 is 19.4 Å². The number of pyridine rings is 1. The number of piperidine rings is 1. The highest BCUT2D eigenvalue weighted by molar-refractivity contribution is 5.90. The molecular formula is C19H27N2O3+. The van der Waals surface area contributed by atoms with Crippen LogP contribution in [0.3, 0.4) is 0 Å². The van der Waals surface area contributed by atoms with Crippen LogP contribution in [0.5, 0.6) is 11.5 Å². The van der Waals surface area contributed by atoms with E-state index in [1.54, 1.807) is 20.3 Å². The maximum Gasteiger partial charge on any atom is 0.202 e. The molecular weight excluding hydrogens is 304 g/mol. The molecule has 1 aliphatic heterocycles. The zero-order chi connectivity index (χ0) is 17.3. The third-order valence-corrected chi connectivity index (χ3v) is 5.24. The molecule has 2 aromatic rings. The van der Waals surface area contributed by atoms with Gasteiger partial charge in [-0.2, -0.15) is 0 Å². The first-order chi connectivity index (χ1) is 11.5. The van der Waals surface area contributed by atoms with Crippen molar-refractivity contribution in [3.05, 3.63) is 33.6 Å². The van der Waals surface area contributed by atoms with Gasteiger partial charge in [0.15, 0.2) is 0 Å². The minimum atomic E-state index is 0.0584. The van der Waals surface area contributed by atoms with E-state index in [2.05, 4.69) is 11.9 Å². The van der Waals surface area contributed by atoms with E-state index < -0.39 is 0 Å². The van der Waals surface area contributed by atoms with Crippen LogP contribution < -0.4 is 19.8 Å². The fourth-order valence-corrected chi connectivity index (χ4v) is 3.65. The summed E-state index contributed by atoms with van der Waals surface area (Å²) in [6, 6.07) is 3.62. The van der Waals surface area contributed by atoms with Crippen LogP contribution in [0.4, 0.5) is 0 Å². The van der Waals surface area contributed by atoms with Gasteiger partial charge in [-0.3, -0.25) is 4.79 Å². The largest absolute Gasteiger partial charge is 0.496 e. The highest BCUT2D eigenvalue weighted by Crippen LogP contribution is 2.30. The normalized spacial score (nSPS) is 21.0. The standard InChI is InChI=1S/C19H26N2O3/c1-12-7-9-21(10-8-12)11-14-13(2)20-18-16(24-4)6-5-15(23-3)17(18)19(14)22/h5-6,12H,7-11H2,1-4H3,(H,20,22)/p+1. The number of benzene rings is 1. The Kier molecular flexibility index (Phi) is 4.81. The molecule has 5 nitrogen and oxygen atoms in total. The molecule has 0 radical (unpaired) electrons. The average molecular weight is 331 g/mol. The van der Waals surface area contributed by atoms with Crippen molar-refractivity contribution in [3.8, 4) is 11.5 Å². The molecule has 0 bridgehead atoms. The quantitative estimate of drug-likeness (QED) is 0.896. The molecule has 130 valence electrons. The molecule has 0 spiro atoms. The number of ether oxygens (including phenoxy) is 2. The number of nitrogens with one attached hydrogen (secondary N) is 2. The Labute approximate surface area is 142 Å². The molecule has 1 saturated heterocycles. The van der Waals surface area contributed by atoms with E-state index in [1.807, 2.05) is 13.0 Å². The van der Waals surface area contributed by atoms with Crippen LogP contribution in [0.25, 0.3) is 10.9 Å². The minimum Gasteiger partial charge on any atom is -0.496 e. The first kappa shape index (κ1) is 16.8. The molecule has 5 heteroatoms. The summed E-state index contributed by atoms with van der Waals surface area (Å²) >= 11 is 0. The van der Waals surface area contributed by atoms with E-state index in [0.717, 1.165) is 36.8 Å². The number of likely N-dealkylation sites (tertiary alicyclic amines) is 1. The zero-order valence-corrected chi connectivity index (χ0v) is 15.0. The van der Waals surface area contributed by atoms with Crippen molar-refractivity contribution in [3.63, 3.8) is 0 Å². The summed E-state index contributed by atoms with van der Waals surface area (Å²) in [6.07, 6.45) is 2.47. The van der Waals surface area contributed by atoms with Crippen molar-refractivity contribution in [1.82, 2.24) is 4.98 Å². The highest BCUT2D eigenvalue weighted by Gasteiger charge is 2.23. The van der Waals surface area contributed by atoms with Crippen LogP contribution in [0, 0.1) is 12.8 Å². The lowest BCUT2D eigenvalue weighted by atomic mass is 9.98. The number of rotatable bonds is 4. The Morgan fingerprint density at radius 3 is 2.42 bits per heavy atom. The van der Waals surface area contributed by atoms with E-state index >= 15 is 0 Å². The molecule has 3 rings (SSSR count). The van der Waals surface area contributed by atoms with Crippen LogP contribution in [-0.4, -0.2) is 32.3 Å². The van der Waals surface area contributed by atoms with Gasteiger partial charge in [-0.1, -0.05) is 6.92 Å². The lowest BCUT2D eigenvalue weighted by molar-refractivity contribution is -0.919. The first-order valence-corrected chi connectivity index (χ1v) is 8.65. The lowest BCUT2D eigenvalue weighted by Gasteiger charge is -2.27. The Bertz CT molecular complexity index is 789. The number of aromatic amines is 1. The topological polar surface area (TPSA) is 55.8 Å². The van der Waals surface area contributed by atoms with E-state index in [4.69, 9.17) is 9.47 Å². The fraction of sp³-hybridized carbons (Fsp3) is 0.526. The number of H-pyrrole nitrogens is 1. The van der Waals surface area contributed by atoms with E-state index in [-0.39, 0.29) is 5.43 Å². The fourth-order valence-electron chi connectivity index (χ4n) is 3.65. The van der Waals surface area contributed by atoms with Crippen molar-refractivity contribution in [2.24, 2.45) is 5.92 Å². The van der Waals surface area contributed by atoms with Crippen LogP contribution >= 0.6 is 0 Å². The number of hydrogen-bond donors (Lipinski definition) is 2. The summed E-state index contributed by atoms with van der Waals surface area (Å²) in [5, 5.41) is 0.585. The molecule has 2 heterocycles. The van der Waals surface area contributed by atoms with Gasteiger partial charge in [0.05, 0.1) is 43.8 Å². The van der Waals surface area contributed by atoms with Gasteiger partial charge in [-0.25, -0.2) is 0 Å². The summed E-state index contributed by atoms with van der Waals surface area (Å²) < 4.78 is 10.8. The molecule has 0 saturated carbocycles. The summed E-state index contributed by atoms with van der Waals surface area (Å²) in [7, 11) is 3.21. The van der Waals surface area contributed by atoms with Gasteiger partial charge in [0.2, 0.25) is 5.43 Å². The predicted molar refractivity (Wildman–Crippen MR) is 95.2 cm³/mol. The number of hydrogen-bond acceptors (Lipinski definition) is 3. The smallest absolute Gasteiger partial charge is 0.202 e. The SMILES string of the molecule is COc1ccc(OC)c2c(=O)c(C[NH+]3CCC(C)CC3)c(C)[nH]c12. The van der Waals surface area contributed by atoms with Gasteiger partial charge in [-0.05, 0) is 37.8 Å². The Balaban J connectivity index is 2.07. The van der Waals surface area contributed by atoms with E-state index in [0.29, 0.717) is 22.4 Å². The Morgan fingerprint density at radius 1 is 1.17 bits per heavy atom. The van der Waals surface area contributed by atoms with Crippen LogP contribution in [0.15, 0.2) is 16.9 Å². The van der Waals surface area contributed by atoms with Crippen LogP contribution in [0.1, 0.15) is 31.0 Å².